The third kappa shape index (κ3) is 7.79. The van der Waals surface area contributed by atoms with Crippen LogP contribution in [-0.4, -0.2) is 32.8 Å². The number of methoxy groups -OCH3 is 1. The summed E-state index contributed by atoms with van der Waals surface area (Å²) in [5.74, 6) is 2.59. The summed E-state index contributed by atoms with van der Waals surface area (Å²) in [6, 6.07) is 0.391. The topological polar surface area (TPSA) is 47.3 Å². The molecule has 0 amide bonds. The summed E-state index contributed by atoms with van der Waals surface area (Å²) in [6.45, 7) is 2.32. The van der Waals surface area contributed by atoms with Crippen molar-refractivity contribution in [1.29, 1.82) is 0 Å². The van der Waals surface area contributed by atoms with Crippen LogP contribution in [0.15, 0.2) is 0 Å². The van der Waals surface area contributed by atoms with Crippen LogP contribution in [0.2, 0.25) is 0 Å². The summed E-state index contributed by atoms with van der Waals surface area (Å²) < 4.78 is 5.08. The number of ether oxygens (including phenoxy) is 1. The van der Waals surface area contributed by atoms with Gasteiger partial charge in [0.25, 0.3) is 0 Å². The standard InChI is InChI=1S/C10H20N2O/c1-3-4-8-12-10(9-13-2)6-5-7-11/h1,10,12H,4-9,11H2,2H3. The van der Waals surface area contributed by atoms with Gasteiger partial charge in [-0.2, -0.15) is 0 Å². The minimum Gasteiger partial charge on any atom is -0.383 e. The number of rotatable bonds is 8. The average molecular weight is 184 g/mol. The molecule has 0 aliphatic rings. The Hall–Kier alpha value is -0.560. The van der Waals surface area contributed by atoms with Gasteiger partial charge in [0.05, 0.1) is 6.61 Å². The molecule has 1 unspecified atom stereocenters. The van der Waals surface area contributed by atoms with E-state index in [0.29, 0.717) is 6.04 Å². The van der Waals surface area contributed by atoms with Crippen molar-refractivity contribution in [3.8, 4) is 12.3 Å². The molecule has 1 atom stereocenters. The Kier molecular flexibility index (Phi) is 9.12. The first-order valence-corrected chi connectivity index (χ1v) is 4.71. The molecular weight excluding hydrogens is 164 g/mol. The van der Waals surface area contributed by atoms with Crippen LogP contribution in [-0.2, 0) is 4.74 Å². The van der Waals surface area contributed by atoms with E-state index in [9.17, 15) is 0 Å². The summed E-state index contributed by atoms with van der Waals surface area (Å²) in [6.07, 6.45) is 7.99. The van der Waals surface area contributed by atoms with E-state index in [2.05, 4.69) is 11.2 Å². The highest BCUT2D eigenvalue weighted by molar-refractivity contribution is 4.84. The van der Waals surface area contributed by atoms with Crippen LogP contribution >= 0.6 is 0 Å². The second-order valence-corrected chi connectivity index (χ2v) is 2.99. The molecular formula is C10H20N2O. The maximum atomic E-state index is 5.43. The van der Waals surface area contributed by atoms with Gasteiger partial charge in [0, 0.05) is 26.1 Å². The van der Waals surface area contributed by atoms with Crippen LogP contribution < -0.4 is 11.1 Å². The first kappa shape index (κ1) is 12.4. The van der Waals surface area contributed by atoms with E-state index in [4.69, 9.17) is 16.9 Å². The van der Waals surface area contributed by atoms with Gasteiger partial charge in [-0.1, -0.05) is 0 Å². The molecule has 0 rings (SSSR count). The minimum absolute atomic E-state index is 0.391. The van der Waals surface area contributed by atoms with Gasteiger partial charge in [-0.15, -0.1) is 12.3 Å². The zero-order chi connectivity index (χ0) is 9.94. The van der Waals surface area contributed by atoms with Gasteiger partial charge >= 0.3 is 0 Å². The van der Waals surface area contributed by atoms with Crippen LogP contribution in [0.3, 0.4) is 0 Å². The van der Waals surface area contributed by atoms with Crippen molar-refractivity contribution < 1.29 is 4.74 Å². The third-order valence-electron chi connectivity index (χ3n) is 1.83. The number of hydrogen-bond donors (Lipinski definition) is 2. The molecule has 3 heteroatoms. The van der Waals surface area contributed by atoms with Gasteiger partial charge in [0.15, 0.2) is 0 Å². The fourth-order valence-electron chi connectivity index (χ4n) is 1.16. The monoisotopic (exact) mass is 184 g/mol. The number of nitrogens with one attached hydrogen (secondary N) is 1. The van der Waals surface area contributed by atoms with Crippen molar-refractivity contribution in [2.45, 2.75) is 25.3 Å². The van der Waals surface area contributed by atoms with E-state index >= 15 is 0 Å². The minimum atomic E-state index is 0.391. The lowest BCUT2D eigenvalue weighted by Crippen LogP contribution is -2.34. The second-order valence-electron chi connectivity index (χ2n) is 2.99. The van der Waals surface area contributed by atoms with Gasteiger partial charge in [-0.25, -0.2) is 0 Å². The van der Waals surface area contributed by atoms with Crippen LogP contribution in [0.1, 0.15) is 19.3 Å². The molecule has 13 heavy (non-hydrogen) atoms. The van der Waals surface area contributed by atoms with Crippen molar-refractivity contribution in [2.24, 2.45) is 5.73 Å². The normalized spacial score (nSPS) is 12.4. The van der Waals surface area contributed by atoms with E-state index in [1.54, 1.807) is 7.11 Å². The molecule has 0 heterocycles. The largest absolute Gasteiger partial charge is 0.383 e. The highest BCUT2D eigenvalue weighted by atomic mass is 16.5. The van der Waals surface area contributed by atoms with E-state index in [1.165, 1.54) is 0 Å². The maximum absolute atomic E-state index is 5.43. The summed E-state index contributed by atoms with van der Waals surface area (Å²) in [5, 5.41) is 3.33. The first-order valence-electron chi connectivity index (χ1n) is 4.71. The van der Waals surface area contributed by atoms with Gasteiger partial charge in [0.1, 0.15) is 0 Å². The molecule has 76 valence electrons. The maximum Gasteiger partial charge on any atom is 0.0615 e. The summed E-state index contributed by atoms with van der Waals surface area (Å²) in [4.78, 5) is 0. The molecule has 3 nitrogen and oxygen atoms in total. The molecule has 0 saturated carbocycles. The Labute approximate surface area is 81.0 Å². The van der Waals surface area contributed by atoms with Gasteiger partial charge in [-0.05, 0) is 19.4 Å². The fourth-order valence-corrected chi connectivity index (χ4v) is 1.16. The zero-order valence-corrected chi connectivity index (χ0v) is 8.38. The molecule has 0 spiro atoms. The molecule has 0 aliphatic carbocycles. The molecule has 0 saturated heterocycles. The molecule has 0 fully saturated rings. The molecule has 3 N–H and O–H groups in total. The second kappa shape index (κ2) is 9.53. The van der Waals surface area contributed by atoms with Gasteiger partial charge in [-0.3, -0.25) is 0 Å². The SMILES string of the molecule is C#CCCNC(CCCN)COC. The number of terminal acetylenes is 1. The zero-order valence-electron chi connectivity index (χ0n) is 8.38. The summed E-state index contributed by atoms with van der Waals surface area (Å²) in [7, 11) is 1.71. The fraction of sp³-hybridized carbons (Fsp3) is 0.800. The highest BCUT2D eigenvalue weighted by Gasteiger charge is 2.05. The Morgan fingerprint density at radius 3 is 2.92 bits per heavy atom. The molecule has 0 aromatic carbocycles. The Bertz CT molecular complexity index is 142. The van der Waals surface area contributed by atoms with E-state index in [-0.39, 0.29) is 0 Å². The first-order chi connectivity index (χ1) is 6.35. The molecule has 0 bridgehead atoms. The number of hydrogen-bond acceptors (Lipinski definition) is 3. The summed E-state index contributed by atoms with van der Waals surface area (Å²) in [5.41, 5.74) is 5.43. The van der Waals surface area contributed by atoms with Crippen LogP contribution in [0.5, 0.6) is 0 Å². The highest BCUT2D eigenvalue weighted by Crippen LogP contribution is 1.96. The summed E-state index contributed by atoms with van der Waals surface area (Å²) >= 11 is 0. The Balaban J connectivity index is 3.48. The third-order valence-corrected chi connectivity index (χ3v) is 1.83. The lowest BCUT2D eigenvalue weighted by Gasteiger charge is -2.16. The molecule has 0 radical (unpaired) electrons. The van der Waals surface area contributed by atoms with Crippen LogP contribution in [0, 0.1) is 12.3 Å². The van der Waals surface area contributed by atoms with Gasteiger partial charge < -0.3 is 15.8 Å². The molecule has 0 aromatic rings. The Morgan fingerprint density at radius 1 is 1.62 bits per heavy atom. The smallest absolute Gasteiger partial charge is 0.0615 e. The lowest BCUT2D eigenvalue weighted by atomic mass is 10.1. The molecule has 0 aliphatic heterocycles. The van der Waals surface area contributed by atoms with Crippen molar-refractivity contribution in [3.63, 3.8) is 0 Å². The van der Waals surface area contributed by atoms with Gasteiger partial charge in [0.2, 0.25) is 0 Å². The Morgan fingerprint density at radius 2 is 2.38 bits per heavy atom. The molecule has 0 aromatic heterocycles. The quantitative estimate of drug-likeness (QED) is 0.423. The van der Waals surface area contributed by atoms with E-state index in [1.807, 2.05) is 0 Å². The van der Waals surface area contributed by atoms with E-state index in [0.717, 1.165) is 39.0 Å². The average Bonchev–Trinajstić information content (AvgIpc) is 2.14. The lowest BCUT2D eigenvalue weighted by molar-refractivity contribution is 0.162. The van der Waals surface area contributed by atoms with Crippen molar-refractivity contribution in [2.75, 3.05) is 26.8 Å². The van der Waals surface area contributed by atoms with Crippen molar-refractivity contribution in [1.82, 2.24) is 5.32 Å². The van der Waals surface area contributed by atoms with Crippen LogP contribution in [0.25, 0.3) is 0 Å². The van der Waals surface area contributed by atoms with Crippen molar-refractivity contribution >= 4 is 0 Å². The predicted octanol–water partition coefficient (Wildman–Crippen LogP) is 0.353. The van der Waals surface area contributed by atoms with Crippen LogP contribution in [0.4, 0.5) is 0 Å². The number of nitrogens with two attached hydrogens (primary N) is 1. The van der Waals surface area contributed by atoms with Crippen molar-refractivity contribution in [3.05, 3.63) is 0 Å². The van der Waals surface area contributed by atoms with E-state index < -0.39 is 0 Å². The predicted molar refractivity (Wildman–Crippen MR) is 55.4 cm³/mol.